The lowest BCUT2D eigenvalue weighted by molar-refractivity contribution is -0.141. The minimum atomic E-state index is -4.85. The molecule has 5 nitrogen and oxygen atoms in total. The monoisotopic (exact) mass is 365 g/mol. The average Bonchev–Trinajstić information content (AvgIpc) is 2.52. The number of nitriles is 1. The molecule has 26 heavy (non-hydrogen) atoms. The van der Waals surface area contributed by atoms with Crippen molar-refractivity contribution in [3.05, 3.63) is 35.0 Å². The Morgan fingerprint density at radius 2 is 1.96 bits per heavy atom. The number of esters is 1. The van der Waals surface area contributed by atoms with Crippen LogP contribution in [0.2, 0.25) is 0 Å². The first-order valence-electron chi connectivity index (χ1n) is 7.88. The number of halogens is 3. The Balaban J connectivity index is 2.97. The molecule has 0 saturated carbocycles. The molecule has 0 bridgehead atoms. The molecule has 2 rings (SSSR count). The van der Waals surface area contributed by atoms with E-state index in [0.29, 0.717) is 0 Å². The molecule has 0 saturated heterocycles. The third kappa shape index (κ3) is 4.04. The van der Waals surface area contributed by atoms with Crippen LogP contribution in [0.3, 0.4) is 0 Å². The minimum absolute atomic E-state index is 0.0242. The van der Waals surface area contributed by atoms with Crippen molar-refractivity contribution >= 4 is 22.6 Å². The van der Waals surface area contributed by atoms with Crippen LogP contribution in [-0.2, 0) is 10.9 Å². The number of nitrogens with one attached hydrogen (secondary N) is 1. The first kappa shape index (κ1) is 19.5. The number of pyridine rings is 1. The molecule has 1 aromatic carbocycles. The van der Waals surface area contributed by atoms with Gasteiger partial charge < -0.3 is 10.1 Å². The molecule has 0 atom stereocenters. The van der Waals surface area contributed by atoms with E-state index in [4.69, 9.17) is 10.00 Å². The van der Waals surface area contributed by atoms with E-state index >= 15 is 0 Å². The van der Waals surface area contributed by atoms with Gasteiger partial charge >= 0.3 is 12.1 Å². The van der Waals surface area contributed by atoms with E-state index < -0.39 is 28.9 Å². The maximum atomic E-state index is 13.6. The molecule has 0 unspecified atom stereocenters. The highest BCUT2D eigenvalue weighted by Crippen LogP contribution is 2.39. The Morgan fingerprint density at radius 1 is 1.31 bits per heavy atom. The van der Waals surface area contributed by atoms with E-state index in [1.54, 1.807) is 20.8 Å². The van der Waals surface area contributed by atoms with Crippen LogP contribution in [0.5, 0.6) is 0 Å². The zero-order valence-electron chi connectivity index (χ0n) is 14.8. The van der Waals surface area contributed by atoms with E-state index in [1.165, 1.54) is 25.1 Å². The van der Waals surface area contributed by atoms with Crippen molar-refractivity contribution in [1.29, 1.82) is 5.26 Å². The Morgan fingerprint density at radius 3 is 2.46 bits per heavy atom. The van der Waals surface area contributed by atoms with Crippen LogP contribution < -0.4 is 5.32 Å². The van der Waals surface area contributed by atoms with Crippen LogP contribution in [0.1, 0.15) is 49.3 Å². The van der Waals surface area contributed by atoms with E-state index in [1.807, 2.05) is 6.07 Å². The van der Waals surface area contributed by atoms with E-state index in [2.05, 4.69) is 10.3 Å². The fraction of sp³-hybridized carbons (Fsp3) is 0.389. The maximum absolute atomic E-state index is 13.6. The summed E-state index contributed by atoms with van der Waals surface area (Å²) in [5.41, 5.74) is -2.44. The lowest BCUT2D eigenvalue weighted by Crippen LogP contribution is -2.29. The second kappa shape index (κ2) is 6.83. The molecular formula is C18H18F3N3O2. The molecular weight excluding hydrogens is 347 g/mol. The number of fused-ring (bicyclic) bond motifs is 1. The van der Waals surface area contributed by atoms with E-state index in [0.717, 1.165) is 0 Å². The van der Waals surface area contributed by atoms with Gasteiger partial charge in [-0.1, -0.05) is 0 Å². The molecule has 1 N–H and O–H groups in total. The Kier molecular flexibility index (Phi) is 5.12. The number of hydrogen-bond donors (Lipinski definition) is 1. The van der Waals surface area contributed by atoms with Gasteiger partial charge in [0.1, 0.15) is 5.56 Å². The lowest BCUT2D eigenvalue weighted by Gasteiger charge is -2.26. The topological polar surface area (TPSA) is 75.0 Å². The van der Waals surface area contributed by atoms with Crippen LogP contribution in [-0.4, -0.2) is 23.1 Å². The third-order valence-electron chi connectivity index (χ3n) is 3.36. The molecule has 0 aliphatic heterocycles. The summed E-state index contributed by atoms with van der Waals surface area (Å²) in [6, 6.07) is 6.04. The van der Waals surface area contributed by atoms with Crippen molar-refractivity contribution in [2.75, 3.05) is 11.9 Å². The summed E-state index contributed by atoms with van der Waals surface area (Å²) in [5.74, 6) is -1.12. The fourth-order valence-electron chi connectivity index (χ4n) is 2.44. The first-order chi connectivity index (χ1) is 12.0. The predicted molar refractivity (Wildman–Crippen MR) is 90.8 cm³/mol. The van der Waals surface area contributed by atoms with Gasteiger partial charge in [-0.25, -0.2) is 9.78 Å². The third-order valence-corrected chi connectivity index (χ3v) is 3.36. The molecule has 1 heterocycles. The first-order valence-corrected chi connectivity index (χ1v) is 7.88. The van der Waals surface area contributed by atoms with Gasteiger partial charge in [0.2, 0.25) is 0 Å². The Bertz CT molecular complexity index is 894. The predicted octanol–water partition coefficient (Wildman–Crippen LogP) is 4.51. The van der Waals surface area contributed by atoms with Crippen molar-refractivity contribution in [1.82, 2.24) is 4.98 Å². The smallest absolute Gasteiger partial charge is 0.434 e. The molecule has 8 heteroatoms. The second-order valence-corrected chi connectivity index (χ2v) is 6.65. The number of carbonyl (C=O) groups excluding carboxylic acids is 1. The number of carbonyl (C=O) groups is 1. The van der Waals surface area contributed by atoms with Gasteiger partial charge in [-0.2, -0.15) is 18.4 Å². The number of hydrogen-bond acceptors (Lipinski definition) is 5. The minimum Gasteiger partial charge on any atom is -0.462 e. The maximum Gasteiger partial charge on any atom is 0.434 e. The molecule has 0 aliphatic carbocycles. The zero-order chi connectivity index (χ0) is 19.7. The standard InChI is InChI=1S/C18H18F3N3O2/c1-5-26-16(25)13-14(24-17(2,3)4)11-8-10(9-22)6-7-12(11)23-15(13)18(19,20)21/h6-8H,5H2,1-4H3,(H,23,24). The van der Waals surface area contributed by atoms with Crippen molar-refractivity contribution in [2.45, 2.75) is 39.4 Å². The molecule has 2 aromatic rings. The van der Waals surface area contributed by atoms with Crippen LogP contribution in [0.4, 0.5) is 18.9 Å². The van der Waals surface area contributed by atoms with Crippen molar-refractivity contribution in [3.63, 3.8) is 0 Å². The number of nitrogens with zero attached hydrogens (tertiary/aromatic N) is 2. The molecule has 0 fully saturated rings. The zero-order valence-corrected chi connectivity index (χ0v) is 14.8. The number of ether oxygens (including phenoxy) is 1. The van der Waals surface area contributed by atoms with Crippen LogP contribution in [0.25, 0.3) is 10.9 Å². The average molecular weight is 365 g/mol. The van der Waals surface area contributed by atoms with Gasteiger partial charge in [0.15, 0.2) is 5.69 Å². The number of aromatic nitrogens is 1. The van der Waals surface area contributed by atoms with Gasteiger partial charge in [0, 0.05) is 10.9 Å². The highest BCUT2D eigenvalue weighted by atomic mass is 19.4. The summed E-state index contributed by atoms with van der Waals surface area (Å²) < 4.78 is 45.6. The molecule has 0 amide bonds. The van der Waals surface area contributed by atoms with E-state index in [9.17, 15) is 18.0 Å². The largest absolute Gasteiger partial charge is 0.462 e. The highest BCUT2D eigenvalue weighted by molar-refractivity contribution is 6.06. The molecule has 138 valence electrons. The number of anilines is 1. The van der Waals surface area contributed by atoms with Gasteiger partial charge in [-0.05, 0) is 45.9 Å². The summed E-state index contributed by atoms with van der Waals surface area (Å²) in [6.45, 7) is 6.66. The Labute approximate surface area is 148 Å². The molecule has 1 aromatic heterocycles. The van der Waals surface area contributed by atoms with Crippen LogP contribution >= 0.6 is 0 Å². The Hall–Kier alpha value is -2.82. The summed E-state index contributed by atoms with van der Waals surface area (Å²) in [4.78, 5) is 16.0. The molecule has 0 radical (unpaired) electrons. The summed E-state index contributed by atoms with van der Waals surface area (Å²) in [7, 11) is 0. The number of benzene rings is 1. The number of alkyl halides is 3. The van der Waals surface area contributed by atoms with E-state index in [-0.39, 0.29) is 28.8 Å². The van der Waals surface area contributed by atoms with Crippen LogP contribution in [0, 0.1) is 11.3 Å². The van der Waals surface area contributed by atoms with Crippen LogP contribution in [0.15, 0.2) is 18.2 Å². The normalized spacial score (nSPS) is 11.9. The van der Waals surface area contributed by atoms with Gasteiger partial charge in [0.25, 0.3) is 0 Å². The highest BCUT2D eigenvalue weighted by Gasteiger charge is 2.40. The summed E-state index contributed by atoms with van der Waals surface area (Å²) >= 11 is 0. The van der Waals surface area contributed by atoms with Crippen molar-refractivity contribution < 1.29 is 22.7 Å². The summed E-state index contributed by atoms with van der Waals surface area (Å²) in [6.07, 6.45) is -4.85. The van der Waals surface area contributed by atoms with Gasteiger partial charge in [0.05, 0.1) is 29.4 Å². The van der Waals surface area contributed by atoms with Gasteiger partial charge in [-0.3, -0.25) is 0 Å². The van der Waals surface area contributed by atoms with Gasteiger partial charge in [-0.15, -0.1) is 0 Å². The van der Waals surface area contributed by atoms with Crippen molar-refractivity contribution in [3.8, 4) is 6.07 Å². The summed E-state index contributed by atoms with van der Waals surface area (Å²) in [5, 5.41) is 12.3. The fourth-order valence-corrected chi connectivity index (χ4v) is 2.44. The SMILES string of the molecule is CCOC(=O)c1c(C(F)(F)F)nc2ccc(C#N)cc2c1NC(C)(C)C. The quantitative estimate of drug-likeness (QED) is 0.810. The second-order valence-electron chi connectivity index (χ2n) is 6.65. The number of rotatable bonds is 3. The molecule has 0 aliphatic rings. The molecule has 0 spiro atoms. The lowest BCUT2D eigenvalue weighted by atomic mass is 10.00. The van der Waals surface area contributed by atoms with Crippen molar-refractivity contribution in [2.24, 2.45) is 0 Å².